The van der Waals surface area contributed by atoms with Gasteiger partial charge >= 0.3 is 6.03 Å². The quantitative estimate of drug-likeness (QED) is 0.287. The van der Waals surface area contributed by atoms with Crippen LogP contribution in [0.3, 0.4) is 0 Å². The number of rotatable bonds is 9. The molecule has 7 nitrogen and oxygen atoms in total. The molecule has 0 spiro atoms. The van der Waals surface area contributed by atoms with Gasteiger partial charge in [0, 0.05) is 50.0 Å². The fourth-order valence-corrected chi connectivity index (χ4v) is 5.28. The third-order valence-corrected chi connectivity index (χ3v) is 7.94. The van der Waals surface area contributed by atoms with E-state index in [1.54, 1.807) is 4.90 Å². The van der Waals surface area contributed by atoms with Crippen molar-refractivity contribution < 1.29 is 9.59 Å². The van der Waals surface area contributed by atoms with E-state index in [4.69, 9.17) is 23.2 Å². The molecule has 3 aromatic rings. The first-order valence-electron chi connectivity index (χ1n) is 13.6. The number of nitrogens with one attached hydrogen (secondary N) is 2. The second kappa shape index (κ2) is 13.9. The van der Waals surface area contributed by atoms with E-state index in [2.05, 4.69) is 39.5 Å². The van der Waals surface area contributed by atoms with Gasteiger partial charge in [-0.25, -0.2) is 4.79 Å². The SMILES string of the molecule is CC(c1cc(Cl)c(NC(=O)N2CCN(c3ccc(NC(=O)CCCc4ccccc4)cc3)CC2)c(Cl)c1)N(C)C. The summed E-state index contributed by atoms with van der Waals surface area (Å²) in [5.74, 6) is 0.0189. The van der Waals surface area contributed by atoms with Crippen LogP contribution in [0.5, 0.6) is 0 Å². The first kappa shape index (κ1) is 29.7. The molecule has 4 rings (SSSR count). The zero-order valence-electron chi connectivity index (χ0n) is 23.3. The highest BCUT2D eigenvalue weighted by molar-refractivity contribution is 6.39. The van der Waals surface area contributed by atoms with Gasteiger partial charge in [0.2, 0.25) is 5.91 Å². The zero-order chi connectivity index (χ0) is 28.6. The smallest absolute Gasteiger partial charge is 0.322 e. The summed E-state index contributed by atoms with van der Waals surface area (Å²) in [6, 6.07) is 21.7. The Kier molecular flexibility index (Phi) is 10.3. The Hall–Kier alpha value is -3.26. The number of hydrogen-bond acceptors (Lipinski definition) is 4. The monoisotopic (exact) mass is 581 g/mol. The fraction of sp³-hybridized carbons (Fsp3) is 0.355. The highest BCUT2D eigenvalue weighted by atomic mass is 35.5. The van der Waals surface area contributed by atoms with Gasteiger partial charge in [0.05, 0.1) is 15.7 Å². The van der Waals surface area contributed by atoms with E-state index in [1.165, 1.54) is 5.56 Å². The predicted octanol–water partition coefficient (Wildman–Crippen LogP) is 6.93. The van der Waals surface area contributed by atoms with Gasteiger partial charge < -0.3 is 25.3 Å². The Labute approximate surface area is 247 Å². The summed E-state index contributed by atoms with van der Waals surface area (Å²) in [6.07, 6.45) is 2.18. The molecule has 1 atom stereocenters. The Morgan fingerprint density at radius 1 is 0.900 bits per heavy atom. The van der Waals surface area contributed by atoms with Gasteiger partial charge in [-0.1, -0.05) is 53.5 Å². The van der Waals surface area contributed by atoms with Crippen molar-refractivity contribution in [2.45, 2.75) is 32.2 Å². The van der Waals surface area contributed by atoms with Crippen molar-refractivity contribution in [3.8, 4) is 0 Å². The van der Waals surface area contributed by atoms with Crippen molar-refractivity contribution in [1.82, 2.24) is 9.80 Å². The molecule has 2 N–H and O–H groups in total. The van der Waals surface area contributed by atoms with E-state index in [0.29, 0.717) is 48.3 Å². The maximum atomic E-state index is 13.0. The van der Waals surface area contributed by atoms with Gasteiger partial charge in [0.15, 0.2) is 0 Å². The number of nitrogens with zero attached hydrogens (tertiary/aromatic N) is 3. The molecular formula is C31H37Cl2N5O2. The summed E-state index contributed by atoms with van der Waals surface area (Å²) in [6.45, 7) is 4.59. The number of carbonyl (C=O) groups is 2. The van der Waals surface area contributed by atoms with Gasteiger partial charge in [-0.3, -0.25) is 4.79 Å². The lowest BCUT2D eigenvalue weighted by Gasteiger charge is -2.36. The van der Waals surface area contributed by atoms with Gasteiger partial charge in [0.25, 0.3) is 0 Å². The number of halogens is 2. The highest BCUT2D eigenvalue weighted by Crippen LogP contribution is 2.35. The molecule has 40 heavy (non-hydrogen) atoms. The largest absolute Gasteiger partial charge is 0.368 e. The number of hydrogen-bond donors (Lipinski definition) is 2. The van der Waals surface area contributed by atoms with E-state index < -0.39 is 0 Å². The lowest BCUT2D eigenvalue weighted by atomic mass is 10.1. The molecule has 212 valence electrons. The Bertz CT molecular complexity index is 1270. The molecule has 1 fully saturated rings. The van der Waals surface area contributed by atoms with Crippen LogP contribution >= 0.6 is 23.2 Å². The van der Waals surface area contributed by atoms with Crippen LogP contribution in [0, 0.1) is 0 Å². The minimum Gasteiger partial charge on any atom is -0.368 e. The van der Waals surface area contributed by atoms with E-state index in [1.807, 2.05) is 68.7 Å². The highest BCUT2D eigenvalue weighted by Gasteiger charge is 2.23. The summed E-state index contributed by atoms with van der Waals surface area (Å²) < 4.78 is 0. The number of urea groups is 1. The fourth-order valence-electron chi connectivity index (χ4n) is 4.68. The van der Waals surface area contributed by atoms with E-state index in [-0.39, 0.29) is 18.0 Å². The molecule has 0 aromatic heterocycles. The second-order valence-electron chi connectivity index (χ2n) is 10.3. The Morgan fingerprint density at radius 2 is 1.52 bits per heavy atom. The van der Waals surface area contributed by atoms with Crippen LogP contribution in [0.1, 0.15) is 36.9 Å². The summed E-state index contributed by atoms with van der Waals surface area (Å²) in [5, 5.41) is 6.73. The van der Waals surface area contributed by atoms with Crippen LogP contribution < -0.4 is 15.5 Å². The molecule has 1 heterocycles. The van der Waals surface area contributed by atoms with Crippen molar-refractivity contribution in [2.75, 3.05) is 55.8 Å². The summed E-state index contributed by atoms with van der Waals surface area (Å²) in [4.78, 5) is 31.4. The summed E-state index contributed by atoms with van der Waals surface area (Å²) >= 11 is 13.0. The van der Waals surface area contributed by atoms with Crippen molar-refractivity contribution >= 4 is 52.2 Å². The maximum absolute atomic E-state index is 13.0. The number of benzene rings is 3. The zero-order valence-corrected chi connectivity index (χ0v) is 24.8. The maximum Gasteiger partial charge on any atom is 0.322 e. The molecule has 1 unspecified atom stereocenters. The van der Waals surface area contributed by atoms with Crippen molar-refractivity contribution in [2.24, 2.45) is 0 Å². The van der Waals surface area contributed by atoms with Crippen LogP contribution in [0.15, 0.2) is 66.7 Å². The topological polar surface area (TPSA) is 67.9 Å². The van der Waals surface area contributed by atoms with Crippen LogP contribution in [-0.4, -0.2) is 62.0 Å². The molecule has 1 aliphatic heterocycles. The van der Waals surface area contributed by atoms with Gasteiger partial charge in [-0.15, -0.1) is 0 Å². The van der Waals surface area contributed by atoms with Gasteiger partial charge in [-0.2, -0.15) is 0 Å². The number of anilines is 3. The van der Waals surface area contributed by atoms with Crippen LogP contribution in [0.2, 0.25) is 10.0 Å². The third kappa shape index (κ3) is 7.90. The molecule has 0 radical (unpaired) electrons. The standard InChI is InChI=1S/C31H37Cl2N5O2/c1-22(36(2)3)24-20-27(32)30(28(33)21-24)35-31(40)38-18-16-37(17-19-38)26-14-12-25(13-15-26)34-29(39)11-7-10-23-8-5-4-6-9-23/h4-6,8-9,12-15,20-22H,7,10-11,16-19H2,1-3H3,(H,34,39)(H,35,40). The Balaban J connectivity index is 1.24. The summed E-state index contributed by atoms with van der Waals surface area (Å²) in [7, 11) is 3.98. The third-order valence-electron chi connectivity index (χ3n) is 7.35. The van der Waals surface area contributed by atoms with Gasteiger partial charge in [-0.05, 0) is 81.4 Å². The van der Waals surface area contributed by atoms with Gasteiger partial charge in [0.1, 0.15) is 0 Å². The van der Waals surface area contributed by atoms with Crippen molar-refractivity contribution in [1.29, 1.82) is 0 Å². The van der Waals surface area contributed by atoms with Crippen molar-refractivity contribution in [3.63, 3.8) is 0 Å². The van der Waals surface area contributed by atoms with Crippen LogP contribution in [0.4, 0.5) is 21.9 Å². The predicted molar refractivity (Wildman–Crippen MR) is 166 cm³/mol. The summed E-state index contributed by atoms with van der Waals surface area (Å²) in [5.41, 5.74) is 4.50. The van der Waals surface area contributed by atoms with E-state index in [9.17, 15) is 9.59 Å². The second-order valence-corrected chi connectivity index (χ2v) is 11.2. The molecule has 1 saturated heterocycles. The molecule has 0 bridgehead atoms. The average molecular weight is 583 g/mol. The Morgan fingerprint density at radius 3 is 2.12 bits per heavy atom. The van der Waals surface area contributed by atoms with E-state index in [0.717, 1.165) is 29.8 Å². The van der Waals surface area contributed by atoms with Crippen molar-refractivity contribution in [3.05, 3.63) is 87.9 Å². The molecule has 9 heteroatoms. The minimum atomic E-state index is -0.220. The average Bonchev–Trinajstić information content (AvgIpc) is 2.95. The number of carbonyl (C=O) groups excluding carboxylic acids is 2. The lowest BCUT2D eigenvalue weighted by Crippen LogP contribution is -2.50. The molecule has 1 aliphatic rings. The first-order chi connectivity index (χ1) is 19.2. The first-order valence-corrected chi connectivity index (χ1v) is 14.4. The van der Waals surface area contributed by atoms with Crippen LogP contribution in [0.25, 0.3) is 0 Å². The minimum absolute atomic E-state index is 0.0189. The molecule has 0 aliphatic carbocycles. The number of aryl methyl sites for hydroxylation is 1. The van der Waals surface area contributed by atoms with E-state index >= 15 is 0 Å². The number of piperazine rings is 1. The molecule has 0 saturated carbocycles. The molecular weight excluding hydrogens is 545 g/mol. The van der Waals surface area contributed by atoms with Crippen LogP contribution in [-0.2, 0) is 11.2 Å². The molecule has 3 amide bonds. The lowest BCUT2D eigenvalue weighted by molar-refractivity contribution is -0.116. The molecule has 3 aromatic carbocycles. The normalized spacial score (nSPS) is 14.2. The number of amides is 3.